The second-order valence-corrected chi connectivity index (χ2v) is 7.27. The van der Waals surface area contributed by atoms with E-state index in [1.165, 1.54) is 4.31 Å². The minimum Gasteiger partial charge on any atom is -0.373 e. The molecule has 0 radical (unpaired) electrons. The van der Waals surface area contributed by atoms with Gasteiger partial charge in [-0.25, -0.2) is 8.42 Å². The minimum atomic E-state index is -3.51. The molecule has 2 heterocycles. The van der Waals surface area contributed by atoms with Crippen LogP contribution in [0.2, 0.25) is 0 Å². The van der Waals surface area contributed by atoms with Gasteiger partial charge in [0, 0.05) is 19.6 Å². The van der Waals surface area contributed by atoms with E-state index in [1.54, 1.807) is 11.6 Å². The van der Waals surface area contributed by atoms with Crippen molar-refractivity contribution in [3.8, 4) is 0 Å². The Labute approximate surface area is 120 Å². The van der Waals surface area contributed by atoms with Crippen LogP contribution in [0.5, 0.6) is 0 Å². The summed E-state index contributed by atoms with van der Waals surface area (Å²) in [7, 11) is -3.51. The monoisotopic (exact) mass is 301 g/mol. The lowest BCUT2D eigenvalue weighted by Gasteiger charge is -2.34. The average Bonchev–Trinajstić information content (AvgIpc) is 2.63. The molecule has 0 saturated carbocycles. The van der Waals surface area contributed by atoms with Crippen molar-refractivity contribution in [1.82, 2.24) is 14.1 Å². The van der Waals surface area contributed by atoms with E-state index in [-0.39, 0.29) is 12.2 Å². The second-order valence-electron chi connectivity index (χ2n) is 5.40. The first-order valence-corrected chi connectivity index (χ1v) is 8.41. The highest BCUT2D eigenvalue weighted by molar-refractivity contribution is 7.89. The summed E-state index contributed by atoms with van der Waals surface area (Å²) in [5.41, 5.74) is 1.27. The molecule has 1 aliphatic rings. The van der Waals surface area contributed by atoms with Crippen LogP contribution >= 0.6 is 0 Å². The Hall–Kier alpha value is -0.920. The summed E-state index contributed by atoms with van der Waals surface area (Å²) in [6.45, 7) is 10.8. The lowest BCUT2D eigenvalue weighted by molar-refractivity contribution is -0.0441. The predicted molar refractivity (Wildman–Crippen MR) is 76.1 cm³/mol. The van der Waals surface area contributed by atoms with E-state index in [2.05, 4.69) is 5.10 Å². The lowest BCUT2D eigenvalue weighted by atomic mass is 10.3. The summed E-state index contributed by atoms with van der Waals surface area (Å²) >= 11 is 0. The Kier molecular flexibility index (Phi) is 4.22. The van der Waals surface area contributed by atoms with Gasteiger partial charge in [0.15, 0.2) is 0 Å². The van der Waals surface area contributed by atoms with Gasteiger partial charge in [0.2, 0.25) is 10.0 Å². The van der Waals surface area contributed by atoms with Gasteiger partial charge in [-0.1, -0.05) is 0 Å². The normalized spacial score (nSPS) is 25.1. The first kappa shape index (κ1) is 15.5. The van der Waals surface area contributed by atoms with E-state index in [4.69, 9.17) is 4.74 Å². The number of ether oxygens (including phenoxy) is 1. The fraction of sp³-hybridized carbons (Fsp3) is 0.769. The van der Waals surface area contributed by atoms with Gasteiger partial charge in [-0.15, -0.1) is 0 Å². The summed E-state index contributed by atoms with van der Waals surface area (Å²) in [6, 6.07) is 0. The maximum Gasteiger partial charge on any atom is 0.246 e. The van der Waals surface area contributed by atoms with Gasteiger partial charge in [0.05, 0.1) is 23.6 Å². The Bertz CT molecular complexity index is 584. The highest BCUT2D eigenvalue weighted by Gasteiger charge is 2.35. The summed E-state index contributed by atoms with van der Waals surface area (Å²) in [5.74, 6) is 0. The highest BCUT2D eigenvalue weighted by Crippen LogP contribution is 2.26. The fourth-order valence-electron chi connectivity index (χ4n) is 2.82. The SMILES string of the molecule is CCn1nc(C)c(S(=O)(=O)N2C[C@@H](C)O[C@@H](C)C2)c1C. The van der Waals surface area contributed by atoms with E-state index in [1.807, 2.05) is 27.7 Å². The van der Waals surface area contributed by atoms with Crippen molar-refractivity contribution in [3.63, 3.8) is 0 Å². The van der Waals surface area contributed by atoms with Crippen molar-refractivity contribution < 1.29 is 13.2 Å². The molecule has 0 aromatic carbocycles. The largest absolute Gasteiger partial charge is 0.373 e. The van der Waals surface area contributed by atoms with Crippen LogP contribution in [0.25, 0.3) is 0 Å². The van der Waals surface area contributed by atoms with Gasteiger partial charge >= 0.3 is 0 Å². The maximum absolute atomic E-state index is 12.9. The summed E-state index contributed by atoms with van der Waals surface area (Å²) < 4.78 is 34.6. The van der Waals surface area contributed by atoms with Crippen molar-refractivity contribution in [2.24, 2.45) is 0 Å². The van der Waals surface area contributed by atoms with Crippen LogP contribution in [0.4, 0.5) is 0 Å². The van der Waals surface area contributed by atoms with Crippen molar-refractivity contribution in [2.45, 2.75) is 58.3 Å². The van der Waals surface area contributed by atoms with Crippen LogP contribution in [-0.2, 0) is 21.3 Å². The first-order chi connectivity index (χ1) is 9.27. The molecule has 2 atom stereocenters. The van der Waals surface area contributed by atoms with E-state index in [9.17, 15) is 8.42 Å². The van der Waals surface area contributed by atoms with Crippen LogP contribution in [0, 0.1) is 13.8 Å². The van der Waals surface area contributed by atoms with E-state index in [0.717, 1.165) is 0 Å². The molecule has 0 unspecified atom stereocenters. The molecule has 0 spiro atoms. The number of morpholine rings is 1. The van der Waals surface area contributed by atoms with Gasteiger partial charge in [0.25, 0.3) is 0 Å². The summed E-state index contributed by atoms with van der Waals surface area (Å²) in [6.07, 6.45) is -0.175. The van der Waals surface area contributed by atoms with Gasteiger partial charge in [0.1, 0.15) is 4.90 Å². The summed E-state index contributed by atoms with van der Waals surface area (Å²) in [4.78, 5) is 0.348. The molecule has 1 aromatic heterocycles. The third kappa shape index (κ3) is 2.62. The number of nitrogens with zero attached hydrogens (tertiary/aromatic N) is 3. The molecule has 1 aromatic rings. The molecule has 20 heavy (non-hydrogen) atoms. The molecule has 2 rings (SSSR count). The number of aromatic nitrogens is 2. The highest BCUT2D eigenvalue weighted by atomic mass is 32.2. The molecule has 114 valence electrons. The van der Waals surface area contributed by atoms with Crippen LogP contribution in [0.3, 0.4) is 0 Å². The van der Waals surface area contributed by atoms with Crippen molar-refractivity contribution >= 4 is 10.0 Å². The van der Waals surface area contributed by atoms with E-state index < -0.39 is 10.0 Å². The van der Waals surface area contributed by atoms with Gasteiger partial charge < -0.3 is 4.74 Å². The molecule has 0 N–H and O–H groups in total. The zero-order chi connectivity index (χ0) is 15.1. The van der Waals surface area contributed by atoms with E-state index >= 15 is 0 Å². The second kappa shape index (κ2) is 5.46. The number of rotatable bonds is 3. The quantitative estimate of drug-likeness (QED) is 0.844. The van der Waals surface area contributed by atoms with Crippen LogP contribution < -0.4 is 0 Å². The predicted octanol–water partition coefficient (Wildman–Crippen LogP) is 1.32. The Morgan fingerprint density at radius 2 is 1.80 bits per heavy atom. The first-order valence-electron chi connectivity index (χ1n) is 6.97. The molecule has 1 fully saturated rings. The third-order valence-electron chi connectivity index (χ3n) is 3.60. The number of aryl methyl sites for hydroxylation is 2. The van der Waals surface area contributed by atoms with Crippen molar-refractivity contribution in [2.75, 3.05) is 13.1 Å². The van der Waals surface area contributed by atoms with Crippen LogP contribution in [-0.4, -0.2) is 47.8 Å². The zero-order valence-electron chi connectivity index (χ0n) is 12.8. The molecule has 7 heteroatoms. The molecule has 1 aliphatic heterocycles. The lowest BCUT2D eigenvalue weighted by Crippen LogP contribution is -2.48. The minimum absolute atomic E-state index is 0.0876. The molecular formula is C13H23N3O3S. The van der Waals surface area contributed by atoms with Crippen LogP contribution in [0.1, 0.15) is 32.2 Å². The number of sulfonamides is 1. The van der Waals surface area contributed by atoms with Gasteiger partial charge in [-0.2, -0.15) is 9.40 Å². The molecule has 6 nitrogen and oxygen atoms in total. The maximum atomic E-state index is 12.9. The molecule has 1 saturated heterocycles. The van der Waals surface area contributed by atoms with Crippen molar-refractivity contribution in [3.05, 3.63) is 11.4 Å². The van der Waals surface area contributed by atoms with Gasteiger partial charge in [-0.05, 0) is 34.6 Å². The smallest absolute Gasteiger partial charge is 0.246 e. The number of hydrogen-bond acceptors (Lipinski definition) is 4. The standard InChI is InChI=1S/C13H23N3O3S/c1-6-16-12(5)13(11(4)14-16)20(17,18)15-7-9(2)19-10(3)8-15/h9-10H,6-8H2,1-5H3/t9-,10+. The molecule has 0 bridgehead atoms. The molecule has 0 aliphatic carbocycles. The fourth-order valence-corrected chi connectivity index (χ4v) is 4.78. The zero-order valence-corrected chi connectivity index (χ0v) is 13.6. The topological polar surface area (TPSA) is 64.4 Å². The molecule has 0 amide bonds. The van der Waals surface area contributed by atoms with Crippen LogP contribution in [0.15, 0.2) is 4.90 Å². The van der Waals surface area contributed by atoms with E-state index in [0.29, 0.717) is 35.9 Å². The summed E-state index contributed by atoms with van der Waals surface area (Å²) in [5, 5.41) is 4.31. The van der Waals surface area contributed by atoms with Crippen molar-refractivity contribution in [1.29, 1.82) is 0 Å². The Balaban J connectivity index is 2.42. The Morgan fingerprint density at radius 3 is 2.25 bits per heavy atom. The number of hydrogen-bond donors (Lipinski definition) is 0. The Morgan fingerprint density at radius 1 is 1.25 bits per heavy atom. The van der Waals surface area contributed by atoms with Gasteiger partial charge in [-0.3, -0.25) is 4.68 Å². The third-order valence-corrected chi connectivity index (χ3v) is 5.68. The molecular weight excluding hydrogens is 278 g/mol. The average molecular weight is 301 g/mol.